The molecule has 0 spiro atoms. The molecule has 0 aliphatic carbocycles. The number of benzene rings is 3. The number of ether oxygens (including phenoxy) is 1. The van der Waals surface area contributed by atoms with E-state index >= 15 is 0 Å². The second kappa shape index (κ2) is 8.96. The molecule has 1 aliphatic rings. The third kappa shape index (κ3) is 4.40. The zero-order valence-electron chi connectivity index (χ0n) is 17.2. The molecule has 156 valence electrons. The van der Waals surface area contributed by atoms with Crippen molar-refractivity contribution in [2.24, 2.45) is 5.92 Å². The Morgan fingerprint density at radius 1 is 0.968 bits per heavy atom. The average molecular weight is 413 g/mol. The highest BCUT2D eigenvalue weighted by molar-refractivity contribution is 6.11. The maximum absolute atomic E-state index is 13.5. The van der Waals surface area contributed by atoms with E-state index in [1.807, 2.05) is 30.3 Å². The van der Waals surface area contributed by atoms with Crippen molar-refractivity contribution in [3.63, 3.8) is 0 Å². The second-order valence-corrected chi connectivity index (χ2v) is 7.64. The number of hydrogen-bond acceptors (Lipinski definition) is 4. The van der Waals surface area contributed by atoms with Crippen LogP contribution in [0.25, 0.3) is 0 Å². The Hall–Kier alpha value is -3.73. The van der Waals surface area contributed by atoms with Gasteiger partial charge in [-0.25, -0.2) is 0 Å². The highest BCUT2D eigenvalue weighted by Gasteiger charge is 2.36. The van der Waals surface area contributed by atoms with E-state index < -0.39 is 11.8 Å². The lowest BCUT2D eigenvalue weighted by Crippen LogP contribution is -2.26. The molecule has 2 atom stereocenters. The summed E-state index contributed by atoms with van der Waals surface area (Å²) in [7, 11) is 1.57. The van der Waals surface area contributed by atoms with Gasteiger partial charge >= 0.3 is 0 Å². The second-order valence-electron chi connectivity index (χ2n) is 7.64. The first-order valence-corrected chi connectivity index (χ1v) is 10.2. The van der Waals surface area contributed by atoms with Crippen LogP contribution in [0.5, 0.6) is 5.75 Å². The molecule has 0 saturated heterocycles. The Balaban J connectivity index is 1.70. The van der Waals surface area contributed by atoms with Crippen LogP contribution in [0.3, 0.4) is 0 Å². The molecule has 1 heterocycles. The van der Waals surface area contributed by atoms with Gasteiger partial charge in [0, 0.05) is 35.8 Å². The molecule has 0 aromatic heterocycles. The van der Waals surface area contributed by atoms with Crippen molar-refractivity contribution >= 4 is 23.2 Å². The quantitative estimate of drug-likeness (QED) is 0.584. The van der Waals surface area contributed by atoms with E-state index in [1.165, 1.54) is 0 Å². The third-order valence-electron chi connectivity index (χ3n) is 5.74. The molecular weight excluding hydrogens is 390 g/mol. The van der Waals surface area contributed by atoms with Crippen LogP contribution in [0.1, 0.15) is 45.0 Å². The van der Waals surface area contributed by atoms with Crippen LogP contribution in [0, 0.1) is 5.92 Å². The minimum absolute atomic E-state index is 0.0307. The third-order valence-corrected chi connectivity index (χ3v) is 5.74. The zero-order valence-corrected chi connectivity index (χ0v) is 17.2. The van der Waals surface area contributed by atoms with Crippen molar-refractivity contribution in [1.82, 2.24) is 0 Å². The summed E-state index contributed by atoms with van der Waals surface area (Å²) in [5.74, 6) is -0.800. The average Bonchev–Trinajstić information content (AvgIpc) is 2.93. The maximum Gasteiger partial charge on any atom is 0.225 e. The number of carbonyl (C=O) groups is 3. The van der Waals surface area contributed by atoms with Crippen LogP contribution in [0.2, 0.25) is 0 Å². The summed E-state index contributed by atoms with van der Waals surface area (Å²) in [5.41, 5.74) is 2.42. The number of Topliss-reactive ketones (excluding diaryl/α,β-unsaturated/α-hetero) is 2. The number of amides is 1. The fraction of sp³-hybridized carbons (Fsp3) is 0.192. The summed E-state index contributed by atoms with van der Waals surface area (Å²) < 4.78 is 5.17. The predicted molar refractivity (Wildman–Crippen MR) is 119 cm³/mol. The maximum atomic E-state index is 13.5. The molecule has 31 heavy (non-hydrogen) atoms. The summed E-state index contributed by atoms with van der Waals surface area (Å²) in [6.45, 7) is 0. The molecule has 5 nitrogen and oxygen atoms in total. The van der Waals surface area contributed by atoms with E-state index in [9.17, 15) is 14.4 Å². The minimum atomic E-state index is -0.631. The van der Waals surface area contributed by atoms with Gasteiger partial charge in [0.15, 0.2) is 11.6 Å². The number of anilines is 1. The number of carbonyl (C=O) groups excluding carboxylic acids is 3. The van der Waals surface area contributed by atoms with Crippen LogP contribution in [-0.4, -0.2) is 24.6 Å². The first-order valence-electron chi connectivity index (χ1n) is 10.2. The van der Waals surface area contributed by atoms with Gasteiger partial charge in [-0.05, 0) is 42.0 Å². The van der Waals surface area contributed by atoms with E-state index in [0.717, 1.165) is 5.56 Å². The Morgan fingerprint density at radius 2 is 1.65 bits per heavy atom. The summed E-state index contributed by atoms with van der Waals surface area (Å²) in [4.78, 5) is 39.2. The van der Waals surface area contributed by atoms with Gasteiger partial charge in [0.2, 0.25) is 5.91 Å². The van der Waals surface area contributed by atoms with Gasteiger partial charge in [-0.1, -0.05) is 42.5 Å². The van der Waals surface area contributed by atoms with Crippen molar-refractivity contribution in [2.45, 2.75) is 18.8 Å². The van der Waals surface area contributed by atoms with Gasteiger partial charge in [-0.2, -0.15) is 0 Å². The van der Waals surface area contributed by atoms with E-state index in [2.05, 4.69) is 5.32 Å². The number of ketones is 2. The predicted octanol–water partition coefficient (Wildman–Crippen LogP) is 4.89. The Labute approximate surface area is 181 Å². The number of nitrogens with one attached hydrogen (secondary N) is 1. The number of para-hydroxylation sites is 1. The molecular formula is C26H23NO4. The smallest absolute Gasteiger partial charge is 0.225 e. The molecule has 2 unspecified atom stereocenters. The molecule has 3 aromatic carbocycles. The van der Waals surface area contributed by atoms with Gasteiger partial charge in [-0.3, -0.25) is 14.4 Å². The summed E-state index contributed by atoms with van der Waals surface area (Å²) in [5, 5.41) is 2.83. The van der Waals surface area contributed by atoms with Crippen LogP contribution in [-0.2, 0) is 4.79 Å². The highest BCUT2D eigenvalue weighted by Crippen LogP contribution is 2.37. The number of fused-ring (bicyclic) bond motifs is 1. The number of hydrogen-bond donors (Lipinski definition) is 1. The molecule has 1 amide bonds. The summed E-state index contributed by atoms with van der Waals surface area (Å²) >= 11 is 0. The number of methoxy groups -OCH3 is 1. The minimum Gasteiger partial charge on any atom is -0.497 e. The van der Waals surface area contributed by atoms with E-state index in [0.29, 0.717) is 22.6 Å². The molecule has 0 fully saturated rings. The van der Waals surface area contributed by atoms with E-state index in [-0.39, 0.29) is 30.3 Å². The first-order chi connectivity index (χ1) is 15.1. The van der Waals surface area contributed by atoms with E-state index in [4.69, 9.17) is 4.74 Å². The fourth-order valence-electron chi connectivity index (χ4n) is 4.11. The Bertz CT molecular complexity index is 1110. The molecule has 1 aliphatic heterocycles. The van der Waals surface area contributed by atoms with Gasteiger partial charge in [0.05, 0.1) is 12.8 Å². The van der Waals surface area contributed by atoms with Crippen LogP contribution in [0.15, 0.2) is 78.9 Å². The van der Waals surface area contributed by atoms with Gasteiger partial charge in [-0.15, -0.1) is 0 Å². The first kappa shape index (κ1) is 20.5. The van der Waals surface area contributed by atoms with Crippen molar-refractivity contribution in [1.29, 1.82) is 0 Å². The molecule has 3 aromatic rings. The van der Waals surface area contributed by atoms with Crippen LogP contribution < -0.4 is 10.1 Å². The van der Waals surface area contributed by atoms with Gasteiger partial charge in [0.25, 0.3) is 0 Å². The molecule has 0 saturated carbocycles. The van der Waals surface area contributed by atoms with Crippen molar-refractivity contribution in [2.75, 3.05) is 12.4 Å². The Kier molecular flexibility index (Phi) is 5.94. The zero-order chi connectivity index (χ0) is 21.8. The molecule has 5 heteroatoms. The van der Waals surface area contributed by atoms with Crippen molar-refractivity contribution in [3.8, 4) is 5.75 Å². The molecule has 4 rings (SSSR count). The fourth-order valence-corrected chi connectivity index (χ4v) is 4.11. The van der Waals surface area contributed by atoms with Gasteiger partial charge < -0.3 is 10.1 Å². The Morgan fingerprint density at radius 3 is 2.35 bits per heavy atom. The normalized spacial score (nSPS) is 16.6. The molecule has 0 radical (unpaired) electrons. The largest absolute Gasteiger partial charge is 0.497 e. The van der Waals surface area contributed by atoms with E-state index in [1.54, 1.807) is 55.6 Å². The lowest BCUT2D eigenvalue weighted by atomic mass is 9.76. The number of rotatable bonds is 6. The highest BCUT2D eigenvalue weighted by atomic mass is 16.5. The standard InChI is InChI=1S/C26H23NO4/c1-31-19-13-11-18(12-14-19)24(28)15-21(17-7-3-2-4-8-17)22-16-25(29)27-23-10-6-5-9-20(23)26(22)30/h2-14,21-22H,15-16H2,1H3,(H,27,29). The lowest BCUT2D eigenvalue weighted by Gasteiger charge is -2.25. The SMILES string of the molecule is COc1ccc(C(=O)CC(c2ccccc2)C2CC(=O)Nc3ccccc3C2=O)cc1. The van der Waals surface area contributed by atoms with Crippen molar-refractivity contribution in [3.05, 3.63) is 95.6 Å². The summed E-state index contributed by atoms with van der Waals surface area (Å²) in [6, 6.07) is 23.4. The monoisotopic (exact) mass is 413 g/mol. The summed E-state index contributed by atoms with van der Waals surface area (Å²) in [6.07, 6.45) is 0.158. The van der Waals surface area contributed by atoms with Crippen LogP contribution in [0.4, 0.5) is 5.69 Å². The lowest BCUT2D eigenvalue weighted by molar-refractivity contribution is -0.116. The molecule has 0 bridgehead atoms. The van der Waals surface area contributed by atoms with Crippen LogP contribution >= 0.6 is 0 Å². The van der Waals surface area contributed by atoms with Gasteiger partial charge in [0.1, 0.15) is 5.75 Å². The molecule has 1 N–H and O–H groups in total. The van der Waals surface area contributed by atoms with Crippen molar-refractivity contribution < 1.29 is 19.1 Å². The topological polar surface area (TPSA) is 72.5 Å².